The van der Waals surface area contributed by atoms with Crippen molar-refractivity contribution in [3.63, 3.8) is 0 Å². The summed E-state index contributed by atoms with van der Waals surface area (Å²) in [5, 5.41) is 12.0. The van der Waals surface area contributed by atoms with E-state index in [-0.39, 0.29) is 11.9 Å². The van der Waals surface area contributed by atoms with Crippen LogP contribution >= 0.6 is 11.8 Å². The van der Waals surface area contributed by atoms with Crippen LogP contribution in [0.1, 0.15) is 43.3 Å². The average molecular weight is 438 g/mol. The molecule has 0 unspecified atom stereocenters. The van der Waals surface area contributed by atoms with Gasteiger partial charge in [0, 0.05) is 12.1 Å². The number of carbonyl (C=O) groups excluding carboxylic acids is 1. The molecule has 1 aromatic heterocycles. The fraction of sp³-hybridized carbons (Fsp3) is 0.348. The molecular weight excluding hydrogens is 410 g/mol. The number of hydrogen-bond acceptors (Lipinski definition) is 6. The highest BCUT2D eigenvalue weighted by molar-refractivity contribution is 8.00. The number of amides is 1. The molecule has 1 aliphatic heterocycles. The molecule has 0 saturated heterocycles. The van der Waals surface area contributed by atoms with E-state index in [4.69, 9.17) is 4.74 Å². The third-order valence-corrected chi connectivity index (χ3v) is 6.29. The van der Waals surface area contributed by atoms with Crippen LogP contribution in [0.2, 0.25) is 0 Å². The molecule has 2 aromatic carbocycles. The summed E-state index contributed by atoms with van der Waals surface area (Å²) in [6, 6.07) is 15.5. The summed E-state index contributed by atoms with van der Waals surface area (Å²) < 4.78 is 7.50. The highest BCUT2D eigenvalue weighted by atomic mass is 32.2. The Kier molecular flexibility index (Phi) is 6.46. The molecule has 8 heteroatoms. The Balaban J connectivity index is 1.65. The molecular formula is C23H27N5O2S. The van der Waals surface area contributed by atoms with Crippen molar-refractivity contribution in [2.75, 3.05) is 17.3 Å². The number of nitrogens with one attached hydrogen (secondary N) is 2. The second-order valence-corrected chi connectivity index (χ2v) is 8.60. The Hall–Kier alpha value is -3.00. The zero-order chi connectivity index (χ0) is 21.8. The van der Waals surface area contributed by atoms with Crippen molar-refractivity contribution in [1.82, 2.24) is 14.9 Å². The van der Waals surface area contributed by atoms with Gasteiger partial charge in [0.2, 0.25) is 11.1 Å². The van der Waals surface area contributed by atoms with Gasteiger partial charge in [-0.2, -0.15) is 0 Å². The molecule has 3 aromatic rings. The summed E-state index contributed by atoms with van der Waals surface area (Å²) in [5.74, 6) is 1.61. The summed E-state index contributed by atoms with van der Waals surface area (Å²) in [6.45, 7) is 6.69. The van der Waals surface area contributed by atoms with Crippen molar-refractivity contribution < 1.29 is 9.53 Å². The fourth-order valence-electron chi connectivity index (χ4n) is 3.61. The van der Waals surface area contributed by atoms with E-state index in [0.717, 1.165) is 41.2 Å². The first-order chi connectivity index (χ1) is 15.1. The maximum atomic E-state index is 13.3. The monoisotopic (exact) mass is 437 g/mol. The zero-order valence-electron chi connectivity index (χ0n) is 18.0. The largest absolute Gasteiger partial charge is 0.494 e. The molecule has 1 amide bonds. The number of carbonyl (C=O) groups is 1. The number of thioether (sulfide) groups is 1. The Bertz CT molecular complexity index is 1050. The number of aryl methyl sites for hydroxylation is 2. The maximum absolute atomic E-state index is 13.3. The standard InChI is InChI=1S/C23H27N5O2S/c1-4-7-19-25-26-23-28(19)27-20(16-10-12-18(13-11-16)30-5-2)21(31-23)22(29)24-17-9-6-8-15(3)14-17/h6,8-14,20-21,27H,4-5,7H2,1-3H3,(H,24,29)/t20-,21+/m0/s1. The van der Waals surface area contributed by atoms with Gasteiger partial charge in [-0.15, -0.1) is 10.2 Å². The van der Waals surface area contributed by atoms with Crippen LogP contribution in [0.25, 0.3) is 0 Å². The molecule has 2 heterocycles. The van der Waals surface area contributed by atoms with Crippen LogP contribution in [-0.4, -0.2) is 32.6 Å². The fourth-order valence-corrected chi connectivity index (χ4v) is 4.71. The molecule has 0 saturated carbocycles. The molecule has 7 nitrogen and oxygen atoms in total. The molecule has 162 valence electrons. The van der Waals surface area contributed by atoms with Crippen molar-refractivity contribution in [2.24, 2.45) is 0 Å². The molecule has 1 aliphatic rings. The predicted molar refractivity (Wildman–Crippen MR) is 123 cm³/mol. The third kappa shape index (κ3) is 4.69. The Morgan fingerprint density at radius 2 is 2.00 bits per heavy atom. The smallest absolute Gasteiger partial charge is 0.240 e. The first-order valence-corrected chi connectivity index (χ1v) is 11.4. The van der Waals surface area contributed by atoms with Gasteiger partial charge in [0.15, 0.2) is 5.82 Å². The van der Waals surface area contributed by atoms with E-state index < -0.39 is 5.25 Å². The first-order valence-electron chi connectivity index (χ1n) is 10.6. The number of rotatable bonds is 7. The van der Waals surface area contributed by atoms with E-state index in [9.17, 15) is 4.79 Å². The molecule has 0 fully saturated rings. The molecule has 2 N–H and O–H groups in total. The summed E-state index contributed by atoms with van der Waals surface area (Å²) in [7, 11) is 0. The van der Waals surface area contributed by atoms with Crippen LogP contribution in [0.5, 0.6) is 5.75 Å². The summed E-state index contributed by atoms with van der Waals surface area (Å²) in [5.41, 5.74) is 6.38. The van der Waals surface area contributed by atoms with E-state index >= 15 is 0 Å². The van der Waals surface area contributed by atoms with Crippen LogP contribution in [0, 0.1) is 6.92 Å². The molecule has 0 radical (unpaired) electrons. The number of aromatic nitrogens is 3. The van der Waals surface area contributed by atoms with Gasteiger partial charge in [-0.05, 0) is 55.7 Å². The number of ether oxygens (including phenoxy) is 1. The number of anilines is 1. The number of hydrogen-bond donors (Lipinski definition) is 2. The van der Waals surface area contributed by atoms with Gasteiger partial charge in [-0.1, -0.05) is 43.0 Å². The molecule has 0 aliphatic carbocycles. The normalized spacial score (nSPS) is 17.5. The molecule has 0 spiro atoms. The van der Waals surface area contributed by atoms with Crippen LogP contribution in [0.15, 0.2) is 53.7 Å². The topological polar surface area (TPSA) is 81.1 Å². The minimum atomic E-state index is -0.412. The summed E-state index contributed by atoms with van der Waals surface area (Å²) in [4.78, 5) is 13.3. The third-order valence-electron chi connectivity index (χ3n) is 5.07. The second kappa shape index (κ2) is 9.43. The molecule has 2 atom stereocenters. The van der Waals surface area contributed by atoms with Crippen LogP contribution in [-0.2, 0) is 11.2 Å². The minimum Gasteiger partial charge on any atom is -0.494 e. The lowest BCUT2D eigenvalue weighted by Gasteiger charge is -2.33. The summed E-state index contributed by atoms with van der Waals surface area (Å²) >= 11 is 1.44. The molecule has 0 bridgehead atoms. The van der Waals surface area contributed by atoms with Gasteiger partial charge in [-0.25, -0.2) is 4.68 Å². The van der Waals surface area contributed by atoms with E-state index in [1.54, 1.807) is 0 Å². The Morgan fingerprint density at radius 1 is 1.19 bits per heavy atom. The van der Waals surface area contributed by atoms with E-state index in [2.05, 4.69) is 27.9 Å². The number of fused-ring (bicyclic) bond motifs is 1. The van der Waals surface area contributed by atoms with Crippen LogP contribution in [0.4, 0.5) is 5.69 Å². The second-order valence-electron chi connectivity index (χ2n) is 7.49. The van der Waals surface area contributed by atoms with Crippen molar-refractivity contribution >= 4 is 23.4 Å². The SMILES string of the molecule is CCCc1nnc2n1N[C@@H](c1ccc(OCC)cc1)[C@H](C(=O)Nc1cccc(C)c1)S2. The van der Waals surface area contributed by atoms with Gasteiger partial charge in [0.25, 0.3) is 0 Å². The highest BCUT2D eigenvalue weighted by Crippen LogP contribution is 2.38. The predicted octanol–water partition coefficient (Wildman–Crippen LogP) is 4.34. The summed E-state index contributed by atoms with van der Waals surface area (Å²) in [6.07, 6.45) is 1.78. The van der Waals surface area contributed by atoms with Crippen molar-refractivity contribution in [3.8, 4) is 5.75 Å². The molecule has 31 heavy (non-hydrogen) atoms. The van der Waals surface area contributed by atoms with Gasteiger partial charge in [0.05, 0.1) is 12.6 Å². The average Bonchev–Trinajstić information content (AvgIpc) is 3.16. The number of benzene rings is 2. The highest BCUT2D eigenvalue weighted by Gasteiger charge is 2.37. The van der Waals surface area contributed by atoms with Crippen molar-refractivity contribution in [2.45, 2.75) is 50.1 Å². The van der Waals surface area contributed by atoms with E-state index in [1.165, 1.54) is 11.8 Å². The van der Waals surface area contributed by atoms with Gasteiger partial charge in [-0.3, -0.25) is 4.79 Å². The lowest BCUT2D eigenvalue weighted by atomic mass is 10.0. The van der Waals surface area contributed by atoms with Gasteiger partial charge >= 0.3 is 0 Å². The lowest BCUT2D eigenvalue weighted by molar-refractivity contribution is -0.116. The zero-order valence-corrected chi connectivity index (χ0v) is 18.8. The quantitative estimate of drug-likeness (QED) is 0.572. The maximum Gasteiger partial charge on any atom is 0.240 e. The van der Waals surface area contributed by atoms with Crippen LogP contribution in [0.3, 0.4) is 0 Å². The van der Waals surface area contributed by atoms with Gasteiger partial charge in [0.1, 0.15) is 11.0 Å². The Morgan fingerprint density at radius 3 is 2.71 bits per heavy atom. The van der Waals surface area contributed by atoms with Gasteiger partial charge < -0.3 is 15.5 Å². The number of nitrogens with zero attached hydrogens (tertiary/aromatic N) is 3. The molecule has 4 rings (SSSR count). The van der Waals surface area contributed by atoms with E-state index in [0.29, 0.717) is 11.8 Å². The minimum absolute atomic E-state index is 0.0757. The van der Waals surface area contributed by atoms with Crippen LogP contribution < -0.4 is 15.5 Å². The first kappa shape index (κ1) is 21.2. The Labute approximate surface area is 186 Å². The van der Waals surface area contributed by atoms with E-state index in [1.807, 2.05) is 67.1 Å². The van der Waals surface area contributed by atoms with Crippen molar-refractivity contribution in [3.05, 3.63) is 65.5 Å². The van der Waals surface area contributed by atoms with Crippen molar-refractivity contribution in [1.29, 1.82) is 0 Å². The lowest BCUT2D eigenvalue weighted by Crippen LogP contribution is -2.41.